The van der Waals surface area contributed by atoms with Gasteiger partial charge in [-0.05, 0) is 36.7 Å². The largest absolute Gasteiger partial charge is 0.397 e. The molecule has 0 aliphatic carbocycles. The number of hydrogen-bond acceptors (Lipinski definition) is 3. The summed E-state index contributed by atoms with van der Waals surface area (Å²) in [4.78, 5) is 14.4. The number of nitrogens with one attached hydrogen (secondary N) is 1. The summed E-state index contributed by atoms with van der Waals surface area (Å²) in [5.41, 5.74) is 7.63. The minimum atomic E-state index is -0.414. The molecule has 4 nitrogen and oxygen atoms in total. The van der Waals surface area contributed by atoms with Crippen LogP contribution in [0.5, 0.6) is 0 Å². The highest BCUT2D eigenvalue weighted by Gasteiger charge is 2.10. The fourth-order valence-corrected chi connectivity index (χ4v) is 2.55. The standard InChI is InChI=1S/C19H24FN3O/c1-2-11-23(14-15-6-4-3-5-7-15)12-10-19(24)22-18-9-8-16(20)13-17(18)21/h3-9,13H,2,10-12,14,21H2,1H3,(H,22,24). The smallest absolute Gasteiger partial charge is 0.225 e. The Hall–Kier alpha value is -2.40. The SMILES string of the molecule is CCCN(CCC(=O)Nc1ccc(F)cc1N)Cc1ccccc1. The van der Waals surface area contributed by atoms with Gasteiger partial charge in [0.2, 0.25) is 5.91 Å². The molecule has 0 atom stereocenters. The molecule has 0 fully saturated rings. The molecule has 128 valence electrons. The van der Waals surface area contributed by atoms with Crippen LogP contribution in [0.15, 0.2) is 48.5 Å². The molecule has 0 bridgehead atoms. The third-order valence-corrected chi connectivity index (χ3v) is 3.73. The number of benzene rings is 2. The normalized spacial score (nSPS) is 10.8. The van der Waals surface area contributed by atoms with Crippen molar-refractivity contribution in [1.82, 2.24) is 4.90 Å². The fraction of sp³-hybridized carbons (Fsp3) is 0.316. The molecular weight excluding hydrogens is 305 g/mol. The van der Waals surface area contributed by atoms with Crippen molar-refractivity contribution in [2.24, 2.45) is 0 Å². The first kappa shape index (κ1) is 17.9. The van der Waals surface area contributed by atoms with Crippen LogP contribution >= 0.6 is 0 Å². The van der Waals surface area contributed by atoms with E-state index < -0.39 is 5.82 Å². The lowest BCUT2D eigenvalue weighted by atomic mass is 10.2. The van der Waals surface area contributed by atoms with Crippen LogP contribution in [-0.4, -0.2) is 23.9 Å². The summed E-state index contributed by atoms with van der Waals surface area (Å²) in [6, 6.07) is 14.2. The van der Waals surface area contributed by atoms with Crippen LogP contribution in [0.25, 0.3) is 0 Å². The number of nitrogen functional groups attached to an aromatic ring is 1. The van der Waals surface area contributed by atoms with E-state index in [1.54, 1.807) is 0 Å². The molecule has 0 unspecified atom stereocenters. The molecule has 0 spiro atoms. The number of rotatable bonds is 8. The zero-order valence-corrected chi connectivity index (χ0v) is 14.0. The zero-order valence-electron chi connectivity index (χ0n) is 14.0. The van der Waals surface area contributed by atoms with Gasteiger partial charge in [0.15, 0.2) is 0 Å². The Balaban J connectivity index is 1.87. The average molecular weight is 329 g/mol. The third-order valence-electron chi connectivity index (χ3n) is 3.73. The van der Waals surface area contributed by atoms with Gasteiger partial charge in [-0.2, -0.15) is 0 Å². The zero-order chi connectivity index (χ0) is 17.4. The third kappa shape index (κ3) is 5.66. The Morgan fingerprint density at radius 2 is 1.92 bits per heavy atom. The maximum absolute atomic E-state index is 13.0. The number of amides is 1. The van der Waals surface area contributed by atoms with Crippen LogP contribution in [0, 0.1) is 5.82 Å². The highest BCUT2D eigenvalue weighted by Crippen LogP contribution is 2.19. The van der Waals surface area contributed by atoms with Crippen molar-refractivity contribution in [2.75, 3.05) is 24.1 Å². The van der Waals surface area contributed by atoms with Crippen LogP contribution in [-0.2, 0) is 11.3 Å². The lowest BCUT2D eigenvalue weighted by Crippen LogP contribution is -2.28. The van der Waals surface area contributed by atoms with Gasteiger partial charge in [-0.1, -0.05) is 37.3 Å². The van der Waals surface area contributed by atoms with Crippen molar-refractivity contribution >= 4 is 17.3 Å². The van der Waals surface area contributed by atoms with Crippen LogP contribution < -0.4 is 11.1 Å². The van der Waals surface area contributed by atoms with Gasteiger partial charge in [0.25, 0.3) is 0 Å². The molecule has 0 radical (unpaired) electrons. The highest BCUT2D eigenvalue weighted by atomic mass is 19.1. The second-order valence-electron chi connectivity index (χ2n) is 5.79. The molecule has 2 aromatic rings. The average Bonchev–Trinajstić information content (AvgIpc) is 2.56. The maximum atomic E-state index is 13.0. The second-order valence-corrected chi connectivity index (χ2v) is 5.79. The molecule has 0 aliphatic rings. The van der Waals surface area contributed by atoms with Crippen molar-refractivity contribution in [3.05, 3.63) is 59.9 Å². The quantitative estimate of drug-likeness (QED) is 0.727. The first-order valence-corrected chi connectivity index (χ1v) is 8.19. The number of anilines is 2. The van der Waals surface area contributed by atoms with Crippen molar-refractivity contribution in [3.8, 4) is 0 Å². The monoisotopic (exact) mass is 329 g/mol. The van der Waals surface area contributed by atoms with Gasteiger partial charge in [0, 0.05) is 19.5 Å². The van der Waals surface area contributed by atoms with Crippen LogP contribution in [0.2, 0.25) is 0 Å². The van der Waals surface area contributed by atoms with E-state index in [0.717, 1.165) is 19.5 Å². The number of hydrogen-bond donors (Lipinski definition) is 2. The topological polar surface area (TPSA) is 58.4 Å². The Bertz CT molecular complexity index is 661. The van der Waals surface area contributed by atoms with E-state index in [1.807, 2.05) is 18.2 Å². The minimum Gasteiger partial charge on any atom is -0.397 e. The highest BCUT2D eigenvalue weighted by molar-refractivity contribution is 5.93. The van der Waals surface area contributed by atoms with Crippen molar-refractivity contribution < 1.29 is 9.18 Å². The lowest BCUT2D eigenvalue weighted by molar-refractivity contribution is -0.116. The molecule has 0 aromatic heterocycles. The predicted molar refractivity (Wildman–Crippen MR) is 96.1 cm³/mol. The number of carbonyl (C=O) groups excluding carboxylic acids is 1. The molecule has 0 heterocycles. The summed E-state index contributed by atoms with van der Waals surface area (Å²) in [5.74, 6) is -0.537. The van der Waals surface area contributed by atoms with Crippen molar-refractivity contribution in [1.29, 1.82) is 0 Å². The first-order chi connectivity index (χ1) is 11.6. The number of nitrogens with zero attached hydrogens (tertiary/aromatic N) is 1. The van der Waals surface area contributed by atoms with E-state index in [4.69, 9.17) is 5.73 Å². The molecule has 0 aliphatic heterocycles. The summed E-state index contributed by atoms with van der Waals surface area (Å²) in [5, 5.41) is 2.74. The van der Waals surface area contributed by atoms with E-state index in [2.05, 4.69) is 29.3 Å². The van der Waals surface area contributed by atoms with Gasteiger partial charge >= 0.3 is 0 Å². The number of halogens is 1. The number of carbonyl (C=O) groups is 1. The van der Waals surface area contributed by atoms with Gasteiger partial charge in [-0.3, -0.25) is 9.69 Å². The van der Waals surface area contributed by atoms with E-state index in [0.29, 0.717) is 18.7 Å². The molecule has 0 saturated carbocycles. The van der Waals surface area contributed by atoms with E-state index in [1.165, 1.54) is 23.8 Å². The molecule has 2 rings (SSSR count). The predicted octanol–water partition coefficient (Wildman–Crippen LogP) is 3.65. The maximum Gasteiger partial charge on any atom is 0.225 e. The van der Waals surface area contributed by atoms with Crippen molar-refractivity contribution in [2.45, 2.75) is 26.3 Å². The summed E-state index contributed by atoms with van der Waals surface area (Å²) in [7, 11) is 0. The van der Waals surface area contributed by atoms with E-state index in [9.17, 15) is 9.18 Å². The molecular formula is C19H24FN3O. The minimum absolute atomic E-state index is 0.123. The summed E-state index contributed by atoms with van der Waals surface area (Å²) in [6.45, 7) is 4.54. The Labute approximate surface area is 142 Å². The fourth-order valence-electron chi connectivity index (χ4n) is 2.55. The molecule has 24 heavy (non-hydrogen) atoms. The van der Waals surface area contributed by atoms with Gasteiger partial charge in [0.05, 0.1) is 11.4 Å². The Morgan fingerprint density at radius 1 is 1.17 bits per heavy atom. The van der Waals surface area contributed by atoms with Gasteiger partial charge in [0.1, 0.15) is 5.82 Å². The first-order valence-electron chi connectivity index (χ1n) is 8.19. The number of nitrogens with two attached hydrogens (primary N) is 1. The van der Waals surface area contributed by atoms with E-state index in [-0.39, 0.29) is 11.6 Å². The molecule has 0 saturated heterocycles. The summed E-state index contributed by atoms with van der Waals surface area (Å²) >= 11 is 0. The second kappa shape index (κ2) is 9.03. The van der Waals surface area contributed by atoms with Gasteiger partial charge in [-0.25, -0.2) is 4.39 Å². The van der Waals surface area contributed by atoms with Gasteiger partial charge < -0.3 is 11.1 Å². The van der Waals surface area contributed by atoms with Crippen LogP contribution in [0.3, 0.4) is 0 Å². The molecule has 5 heteroatoms. The van der Waals surface area contributed by atoms with Crippen molar-refractivity contribution in [3.63, 3.8) is 0 Å². The van der Waals surface area contributed by atoms with Gasteiger partial charge in [-0.15, -0.1) is 0 Å². The Kier molecular flexibility index (Phi) is 6.75. The lowest BCUT2D eigenvalue weighted by Gasteiger charge is -2.21. The van der Waals surface area contributed by atoms with Crippen LogP contribution in [0.4, 0.5) is 15.8 Å². The Morgan fingerprint density at radius 3 is 2.58 bits per heavy atom. The molecule has 2 aromatic carbocycles. The molecule has 1 amide bonds. The molecule has 3 N–H and O–H groups in total. The van der Waals surface area contributed by atoms with E-state index >= 15 is 0 Å². The summed E-state index contributed by atoms with van der Waals surface area (Å²) in [6.07, 6.45) is 1.39. The summed E-state index contributed by atoms with van der Waals surface area (Å²) < 4.78 is 13.0. The van der Waals surface area contributed by atoms with Crippen LogP contribution in [0.1, 0.15) is 25.3 Å².